The fourth-order valence-electron chi connectivity index (χ4n) is 3.10. The van der Waals surface area contributed by atoms with Crippen LogP contribution in [0.15, 0.2) is 12.1 Å². The monoisotopic (exact) mass is 896 g/mol. The number of halogens is 12. The minimum Gasteiger partial charge on any atom is -0.481 e. The first kappa shape index (κ1) is 49.8. The van der Waals surface area contributed by atoms with Crippen molar-refractivity contribution in [1.29, 1.82) is 0 Å². The van der Waals surface area contributed by atoms with E-state index in [-0.39, 0.29) is 70.8 Å². The SMILES string of the molecule is CCOc1cc(OC(F)(F)F)nc(N)n1.CCOc1nc(N)nc(Cl)c1OC(F)F.COc1cc(OC(F)(F)F)nc(N)n1.COc1nc(N)nc(Cl)c1OC(F)F. The van der Waals surface area contributed by atoms with E-state index >= 15 is 0 Å². The summed E-state index contributed by atoms with van der Waals surface area (Å²) < 4.78 is 153. The first-order valence-corrected chi connectivity index (χ1v) is 15.3. The summed E-state index contributed by atoms with van der Waals surface area (Å²) in [5, 5.41) is -0.638. The van der Waals surface area contributed by atoms with Gasteiger partial charge >= 0.3 is 25.9 Å². The van der Waals surface area contributed by atoms with E-state index in [1.807, 2.05) is 0 Å². The smallest absolute Gasteiger partial charge is 0.481 e. The van der Waals surface area contributed by atoms with Gasteiger partial charge in [-0.1, -0.05) is 23.2 Å². The van der Waals surface area contributed by atoms with E-state index in [2.05, 4.69) is 68.3 Å². The van der Waals surface area contributed by atoms with Gasteiger partial charge in [0.2, 0.25) is 58.8 Å². The van der Waals surface area contributed by atoms with E-state index in [0.29, 0.717) is 0 Å². The zero-order valence-electron chi connectivity index (χ0n) is 29.4. The third-order valence-corrected chi connectivity index (χ3v) is 5.36. The van der Waals surface area contributed by atoms with Crippen molar-refractivity contribution in [1.82, 2.24) is 39.9 Å². The van der Waals surface area contributed by atoms with Crippen LogP contribution in [0.3, 0.4) is 0 Å². The van der Waals surface area contributed by atoms with Gasteiger partial charge in [0.05, 0.1) is 39.6 Å². The van der Waals surface area contributed by atoms with Crippen LogP contribution in [0.4, 0.5) is 67.7 Å². The van der Waals surface area contributed by atoms with Gasteiger partial charge in [-0.15, -0.1) is 26.3 Å². The van der Waals surface area contributed by atoms with Crippen LogP contribution in [0, 0.1) is 0 Å². The summed E-state index contributed by atoms with van der Waals surface area (Å²) in [7, 11) is 2.45. The van der Waals surface area contributed by atoms with Crippen molar-refractivity contribution in [3.8, 4) is 46.8 Å². The first-order chi connectivity index (χ1) is 26.9. The highest BCUT2D eigenvalue weighted by Crippen LogP contribution is 2.35. The second-order valence-electron chi connectivity index (χ2n) is 8.95. The van der Waals surface area contributed by atoms with Crippen LogP contribution in [0.1, 0.15) is 13.8 Å². The Labute approximate surface area is 328 Å². The fraction of sp³-hybridized carbons (Fsp3) is 0.385. The van der Waals surface area contributed by atoms with Crippen LogP contribution < -0.4 is 60.8 Å². The van der Waals surface area contributed by atoms with Crippen molar-refractivity contribution in [2.75, 3.05) is 50.4 Å². The van der Waals surface area contributed by atoms with Gasteiger partial charge in [0.25, 0.3) is 11.8 Å². The Bertz CT molecular complexity index is 1890. The average molecular weight is 897 g/mol. The Morgan fingerprint density at radius 2 is 0.897 bits per heavy atom. The van der Waals surface area contributed by atoms with Crippen LogP contribution in [-0.4, -0.2) is 93.3 Å². The summed E-state index contributed by atoms with van der Waals surface area (Å²) in [4.78, 5) is 27.5. The molecule has 0 saturated carbocycles. The summed E-state index contributed by atoms with van der Waals surface area (Å²) in [6.07, 6.45) is -9.63. The molecule has 0 aromatic carbocycles. The summed E-state index contributed by atoms with van der Waals surface area (Å²) in [5.74, 6) is -3.91. The van der Waals surface area contributed by atoms with Gasteiger partial charge in [0.1, 0.15) is 0 Å². The van der Waals surface area contributed by atoms with Crippen molar-refractivity contribution in [3.63, 3.8) is 0 Å². The molecule has 0 bridgehead atoms. The fourth-order valence-corrected chi connectivity index (χ4v) is 3.52. The molecule has 0 atom stereocenters. The molecule has 0 aliphatic heterocycles. The van der Waals surface area contributed by atoms with Gasteiger partial charge < -0.3 is 60.8 Å². The standard InChI is InChI=1S/C7H8ClF2N3O2.C7H8F3N3O2.C6H6ClF2N3O2.C6H6F3N3O2/c1-2-14-5-3(15-6(9)10)4(8)12-7(11)13-5;1-2-14-4-3-5(13-6(11)12-4)15-7(8,9)10;1-13-4-2(14-5(8)9)3(7)11-6(10)12-4;1-13-3-2-4(12-5(10)11-3)14-6(7,8)9/h6H,2H2,1H3,(H2,11,12,13);3H,2H2,1H3,(H2,11,12,13);5H,1H3,(H2,10,11,12);2H,1H3,(H2,10,11,12). The average Bonchev–Trinajstić information content (AvgIpc) is 3.06. The number of methoxy groups -OCH3 is 2. The summed E-state index contributed by atoms with van der Waals surface area (Å²) in [5.41, 5.74) is 20.7. The van der Waals surface area contributed by atoms with Crippen molar-refractivity contribution >= 4 is 47.0 Å². The zero-order valence-corrected chi connectivity index (χ0v) is 30.9. The highest BCUT2D eigenvalue weighted by molar-refractivity contribution is 6.31. The molecule has 4 rings (SSSR count). The summed E-state index contributed by atoms with van der Waals surface area (Å²) in [6.45, 7) is -2.29. The first-order valence-electron chi connectivity index (χ1n) is 14.6. The number of aromatic nitrogens is 8. The van der Waals surface area contributed by atoms with Crippen LogP contribution in [0.25, 0.3) is 0 Å². The quantitative estimate of drug-likeness (QED) is 0.103. The zero-order chi connectivity index (χ0) is 44.4. The molecule has 0 saturated heterocycles. The number of rotatable bonds is 12. The number of nitrogens with two attached hydrogens (primary N) is 4. The second kappa shape index (κ2) is 23.1. The molecule has 4 aromatic heterocycles. The largest absolute Gasteiger partial charge is 0.574 e. The summed E-state index contributed by atoms with van der Waals surface area (Å²) >= 11 is 11.0. The Morgan fingerprint density at radius 3 is 1.28 bits per heavy atom. The molecule has 0 fully saturated rings. The van der Waals surface area contributed by atoms with E-state index in [4.69, 9.17) is 55.6 Å². The number of alkyl halides is 10. The minimum absolute atomic E-state index is 0.0655. The van der Waals surface area contributed by atoms with Crippen molar-refractivity contribution in [3.05, 3.63) is 22.4 Å². The maximum absolute atomic E-state index is 12.0. The van der Waals surface area contributed by atoms with E-state index < -0.39 is 49.2 Å². The summed E-state index contributed by atoms with van der Waals surface area (Å²) in [6, 6.07) is 1.79. The van der Waals surface area contributed by atoms with Gasteiger partial charge in [-0.25, -0.2) is 0 Å². The maximum atomic E-state index is 12.0. The third kappa shape index (κ3) is 19.6. The van der Waals surface area contributed by atoms with Crippen molar-refractivity contribution in [2.24, 2.45) is 0 Å². The Kier molecular flexibility index (Phi) is 19.9. The number of ether oxygens (including phenoxy) is 8. The Balaban J connectivity index is 0.000000387. The van der Waals surface area contributed by atoms with Crippen LogP contribution in [-0.2, 0) is 0 Å². The lowest BCUT2D eigenvalue weighted by atomic mass is 10.5. The number of nitrogens with zero attached hydrogens (tertiary/aromatic N) is 8. The predicted molar refractivity (Wildman–Crippen MR) is 178 cm³/mol. The second-order valence-corrected chi connectivity index (χ2v) is 9.66. The minimum atomic E-state index is -4.82. The number of hydrogen-bond donors (Lipinski definition) is 4. The Hall–Kier alpha value is -6.20. The van der Waals surface area contributed by atoms with Crippen LogP contribution in [0.2, 0.25) is 10.3 Å². The Morgan fingerprint density at radius 1 is 0.534 bits per heavy atom. The van der Waals surface area contributed by atoms with Gasteiger partial charge in [-0.05, 0) is 13.8 Å². The normalized spacial score (nSPS) is 10.8. The number of anilines is 4. The molecular weight excluding hydrogens is 869 g/mol. The van der Waals surface area contributed by atoms with Gasteiger partial charge in [0, 0.05) is 0 Å². The molecule has 324 valence electrons. The van der Waals surface area contributed by atoms with E-state index in [9.17, 15) is 43.9 Å². The molecule has 0 spiro atoms. The molecule has 20 nitrogen and oxygen atoms in total. The molecule has 0 aliphatic carbocycles. The topological polar surface area (TPSA) is 281 Å². The predicted octanol–water partition coefficient (Wildman–Crippen LogP) is 5.36. The van der Waals surface area contributed by atoms with Crippen molar-refractivity contribution < 1.29 is 81.8 Å². The lowest BCUT2D eigenvalue weighted by Gasteiger charge is -2.10. The maximum Gasteiger partial charge on any atom is 0.574 e. The van der Waals surface area contributed by atoms with E-state index in [0.717, 1.165) is 12.1 Å². The van der Waals surface area contributed by atoms with Crippen molar-refractivity contribution in [2.45, 2.75) is 39.8 Å². The molecule has 0 unspecified atom stereocenters. The van der Waals surface area contributed by atoms with Gasteiger partial charge in [-0.2, -0.15) is 57.4 Å². The molecule has 58 heavy (non-hydrogen) atoms. The molecule has 4 heterocycles. The molecule has 0 amide bonds. The molecule has 4 aromatic rings. The molecular formula is C26H28Cl2F10N12O8. The molecule has 0 aliphatic rings. The molecule has 8 N–H and O–H groups in total. The lowest BCUT2D eigenvalue weighted by molar-refractivity contribution is -0.277. The number of hydrogen-bond acceptors (Lipinski definition) is 20. The molecule has 32 heteroatoms. The van der Waals surface area contributed by atoms with Gasteiger partial charge in [0.15, 0.2) is 10.3 Å². The van der Waals surface area contributed by atoms with Crippen LogP contribution in [0.5, 0.6) is 46.8 Å². The van der Waals surface area contributed by atoms with Gasteiger partial charge in [-0.3, -0.25) is 0 Å². The lowest BCUT2D eigenvalue weighted by Crippen LogP contribution is -2.18. The van der Waals surface area contributed by atoms with E-state index in [1.165, 1.54) is 14.2 Å². The van der Waals surface area contributed by atoms with E-state index in [1.54, 1.807) is 13.8 Å². The number of nitrogen functional groups attached to an aromatic ring is 4. The highest BCUT2D eigenvalue weighted by Gasteiger charge is 2.33. The molecule has 0 radical (unpaired) electrons. The van der Waals surface area contributed by atoms with Crippen LogP contribution >= 0.6 is 23.2 Å². The third-order valence-electron chi connectivity index (χ3n) is 4.84. The highest BCUT2D eigenvalue weighted by atomic mass is 35.5.